The molecule has 0 saturated heterocycles. The Labute approximate surface area is 135 Å². The summed E-state index contributed by atoms with van der Waals surface area (Å²) >= 11 is 0. The fourth-order valence-electron chi connectivity index (χ4n) is 3.62. The molecule has 2 saturated carbocycles. The molecule has 2 aliphatic carbocycles. The van der Waals surface area contributed by atoms with Crippen molar-refractivity contribution in [1.29, 1.82) is 0 Å². The van der Waals surface area contributed by atoms with Crippen LogP contribution in [-0.2, 0) is 17.1 Å². The molecular formula is C18H38Fe. The molecule has 0 radical (unpaired) electrons. The molecule has 0 aromatic rings. The van der Waals surface area contributed by atoms with Crippen molar-refractivity contribution in [2.24, 2.45) is 17.8 Å². The summed E-state index contributed by atoms with van der Waals surface area (Å²) in [6.07, 6.45) is 15.3. The standard InChI is InChI=1S/C14H26.C2H6.2CH3.Fe/c1-12-6-4-10-14(12)11-5-9-13-7-2-3-8-13;1-2;;;/h12-14H,2-11H2,1H3;1-2H3;2*1H3;/q;;2*-1;+2. The van der Waals surface area contributed by atoms with Crippen molar-refractivity contribution in [2.75, 3.05) is 0 Å². The first-order chi connectivity index (χ1) is 7.86. The summed E-state index contributed by atoms with van der Waals surface area (Å²) in [7, 11) is 0. The monoisotopic (exact) mass is 310 g/mol. The van der Waals surface area contributed by atoms with E-state index in [1.165, 1.54) is 44.9 Å². The normalized spacial score (nSPS) is 25.4. The van der Waals surface area contributed by atoms with E-state index in [1.54, 1.807) is 19.3 Å². The summed E-state index contributed by atoms with van der Waals surface area (Å²) < 4.78 is 0. The van der Waals surface area contributed by atoms with Gasteiger partial charge < -0.3 is 14.9 Å². The molecule has 0 aliphatic heterocycles. The van der Waals surface area contributed by atoms with Crippen molar-refractivity contribution in [3.8, 4) is 0 Å². The van der Waals surface area contributed by atoms with Crippen LogP contribution in [-0.4, -0.2) is 0 Å². The second kappa shape index (κ2) is 14.9. The van der Waals surface area contributed by atoms with Crippen molar-refractivity contribution >= 4 is 0 Å². The molecule has 2 fully saturated rings. The third kappa shape index (κ3) is 9.14. The molecule has 118 valence electrons. The molecule has 1 heteroatoms. The van der Waals surface area contributed by atoms with Crippen molar-refractivity contribution < 1.29 is 17.1 Å². The van der Waals surface area contributed by atoms with Crippen LogP contribution in [0.5, 0.6) is 0 Å². The van der Waals surface area contributed by atoms with Crippen molar-refractivity contribution in [2.45, 2.75) is 85.0 Å². The van der Waals surface area contributed by atoms with Gasteiger partial charge in [-0.3, -0.25) is 0 Å². The summed E-state index contributed by atoms with van der Waals surface area (Å²) in [4.78, 5) is 0. The van der Waals surface area contributed by atoms with E-state index in [1.807, 2.05) is 13.8 Å². The van der Waals surface area contributed by atoms with Crippen LogP contribution in [0.1, 0.15) is 85.0 Å². The Bertz CT molecular complexity index is 161. The van der Waals surface area contributed by atoms with Crippen LogP contribution in [0.15, 0.2) is 0 Å². The molecule has 0 aromatic heterocycles. The van der Waals surface area contributed by atoms with E-state index in [0.717, 1.165) is 17.8 Å². The second-order valence-corrected chi connectivity index (χ2v) is 5.75. The molecule has 0 bridgehead atoms. The summed E-state index contributed by atoms with van der Waals surface area (Å²) in [5.74, 6) is 3.25. The smallest absolute Gasteiger partial charge is 0.358 e. The largest absolute Gasteiger partial charge is 2.00 e. The van der Waals surface area contributed by atoms with E-state index in [4.69, 9.17) is 0 Å². The van der Waals surface area contributed by atoms with Crippen LogP contribution in [0.4, 0.5) is 0 Å². The van der Waals surface area contributed by atoms with Gasteiger partial charge in [-0.15, -0.1) is 0 Å². The van der Waals surface area contributed by atoms with Gasteiger partial charge in [-0.25, -0.2) is 0 Å². The maximum Gasteiger partial charge on any atom is 2.00 e. The van der Waals surface area contributed by atoms with E-state index in [9.17, 15) is 0 Å². The Balaban J connectivity index is -0.000000489. The van der Waals surface area contributed by atoms with Crippen molar-refractivity contribution in [3.63, 3.8) is 0 Å². The van der Waals surface area contributed by atoms with E-state index >= 15 is 0 Å². The molecule has 2 rings (SSSR count). The van der Waals surface area contributed by atoms with Gasteiger partial charge >= 0.3 is 17.1 Å². The molecule has 2 aliphatic rings. The number of rotatable bonds is 4. The van der Waals surface area contributed by atoms with Gasteiger partial charge in [0.1, 0.15) is 0 Å². The fraction of sp³-hybridized carbons (Fsp3) is 0.889. The zero-order chi connectivity index (χ0) is 11.8. The zero-order valence-corrected chi connectivity index (χ0v) is 15.3. The van der Waals surface area contributed by atoms with Gasteiger partial charge in [0.2, 0.25) is 0 Å². The topological polar surface area (TPSA) is 0 Å². The molecule has 2 unspecified atom stereocenters. The van der Waals surface area contributed by atoms with Gasteiger partial charge in [0.05, 0.1) is 0 Å². The van der Waals surface area contributed by atoms with E-state index in [2.05, 4.69) is 6.92 Å². The van der Waals surface area contributed by atoms with Gasteiger partial charge in [0, 0.05) is 0 Å². The van der Waals surface area contributed by atoms with Crippen LogP contribution in [0.25, 0.3) is 0 Å². The minimum atomic E-state index is 0. The zero-order valence-electron chi connectivity index (χ0n) is 14.2. The molecule has 0 aromatic carbocycles. The third-order valence-corrected chi connectivity index (χ3v) is 4.70. The second-order valence-electron chi connectivity index (χ2n) is 5.75. The first-order valence-corrected chi connectivity index (χ1v) is 7.86. The maximum atomic E-state index is 2.47. The first kappa shape index (κ1) is 24.5. The van der Waals surface area contributed by atoms with E-state index in [-0.39, 0.29) is 31.9 Å². The van der Waals surface area contributed by atoms with Crippen molar-refractivity contribution in [1.82, 2.24) is 0 Å². The predicted molar refractivity (Wildman–Crippen MR) is 86.5 cm³/mol. The Kier molecular flexibility index (Phi) is 19.3. The van der Waals surface area contributed by atoms with Crippen LogP contribution < -0.4 is 0 Å². The van der Waals surface area contributed by atoms with Crippen LogP contribution in [0, 0.1) is 32.6 Å². The number of hydrogen-bond donors (Lipinski definition) is 0. The number of hydrogen-bond acceptors (Lipinski definition) is 0. The molecular weight excluding hydrogens is 272 g/mol. The molecule has 19 heavy (non-hydrogen) atoms. The van der Waals surface area contributed by atoms with E-state index < -0.39 is 0 Å². The maximum absolute atomic E-state index is 2.47. The average Bonchev–Trinajstić information content (AvgIpc) is 2.94. The minimum Gasteiger partial charge on any atom is -0.358 e. The summed E-state index contributed by atoms with van der Waals surface area (Å²) in [5.41, 5.74) is 0. The summed E-state index contributed by atoms with van der Waals surface area (Å²) in [6.45, 7) is 6.47. The summed E-state index contributed by atoms with van der Waals surface area (Å²) in [6, 6.07) is 0. The van der Waals surface area contributed by atoms with Gasteiger partial charge in [-0.1, -0.05) is 85.0 Å². The van der Waals surface area contributed by atoms with Gasteiger partial charge in [-0.2, -0.15) is 0 Å². The van der Waals surface area contributed by atoms with Crippen LogP contribution >= 0.6 is 0 Å². The molecule has 0 spiro atoms. The molecule has 0 nitrogen and oxygen atoms in total. The fourth-order valence-corrected chi connectivity index (χ4v) is 3.62. The quantitative estimate of drug-likeness (QED) is 0.400. The predicted octanol–water partition coefficient (Wildman–Crippen LogP) is 6.71. The molecule has 0 N–H and O–H groups in total. The Morgan fingerprint density at radius 3 is 1.84 bits per heavy atom. The Morgan fingerprint density at radius 2 is 1.37 bits per heavy atom. The first-order valence-electron chi connectivity index (χ1n) is 7.86. The minimum absolute atomic E-state index is 0. The van der Waals surface area contributed by atoms with Gasteiger partial charge in [0.25, 0.3) is 0 Å². The molecule has 0 heterocycles. The molecule has 0 amide bonds. The summed E-state index contributed by atoms with van der Waals surface area (Å²) in [5, 5.41) is 0. The Hall–Kier alpha value is 0.519. The van der Waals surface area contributed by atoms with Gasteiger partial charge in [-0.05, 0) is 17.8 Å². The third-order valence-electron chi connectivity index (χ3n) is 4.70. The average molecular weight is 310 g/mol. The van der Waals surface area contributed by atoms with Crippen molar-refractivity contribution in [3.05, 3.63) is 14.9 Å². The van der Waals surface area contributed by atoms with Gasteiger partial charge in [0.15, 0.2) is 0 Å². The van der Waals surface area contributed by atoms with Crippen LogP contribution in [0.3, 0.4) is 0 Å². The molecule has 2 atom stereocenters. The van der Waals surface area contributed by atoms with Crippen LogP contribution in [0.2, 0.25) is 0 Å². The SMILES string of the molecule is CC.CC1CCCC1CCCC1CCCC1.[CH3-].[CH3-].[Fe+2]. The Morgan fingerprint density at radius 1 is 0.789 bits per heavy atom. The van der Waals surface area contributed by atoms with E-state index in [0.29, 0.717) is 0 Å².